The minimum atomic E-state index is -3.54. The summed E-state index contributed by atoms with van der Waals surface area (Å²) in [6.45, 7) is 3.30. The lowest BCUT2D eigenvalue weighted by Crippen LogP contribution is -2.16. The molecule has 5 nitrogen and oxygen atoms in total. The van der Waals surface area contributed by atoms with Gasteiger partial charge in [0.15, 0.2) is 0 Å². The van der Waals surface area contributed by atoms with E-state index in [-0.39, 0.29) is 16.3 Å². The molecule has 1 aromatic rings. The quantitative estimate of drug-likeness (QED) is 0.770. The van der Waals surface area contributed by atoms with Gasteiger partial charge >= 0.3 is 5.97 Å². The van der Waals surface area contributed by atoms with Crippen LogP contribution in [0.2, 0.25) is 0 Å². The van der Waals surface area contributed by atoms with Crippen LogP contribution >= 0.6 is 11.3 Å². The highest BCUT2D eigenvalue weighted by Crippen LogP contribution is 2.23. The van der Waals surface area contributed by atoms with Gasteiger partial charge in [0.2, 0.25) is 10.0 Å². The first kappa shape index (κ1) is 11.7. The third kappa shape index (κ3) is 3.07. The van der Waals surface area contributed by atoms with Crippen LogP contribution in [-0.2, 0) is 10.0 Å². The molecule has 0 fully saturated rings. The second kappa shape index (κ2) is 4.45. The summed E-state index contributed by atoms with van der Waals surface area (Å²) < 4.78 is 24.8. The number of thiophene rings is 1. The van der Waals surface area contributed by atoms with Gasteiger partial charge < -0.3 is 5.11 Å². The average molecular weight is 247 g/mol. The summed E-state index contributed by atoms with van der Waals surface area (Å²) in [5.41, 5.74) is 0.0920. The van der Waals surface area contributed by atoms with Crippen molar-refractivity contribution in [2.75, 3.05) is 10.5 Å². The highest BCUT2D eigenvalue weighted by molar-refractivity contribution is 7.92. The SMILES string of the molecule is C=CCS(=O)(=O)Nc1ccsc1C(=O)O. The number of aromatic carboxylic acids is 1. The number of hydrogen-bond donors (Lipinski definition) is 2. The van der Waals surface area contributed by atoms with Crippen LogP contribution in [0.1, 0.15) is 9.67 Å². The van der Waals surface area contributed by atoms with Crippen LogP contribution in [-0.4, -0.2) is 25.2 Å². The molecule has 0 amide bonds. The van der Waals surface area contributed by atoms with Crippen molar-refractivity contribution < 1.29 is 18.3 Å². The third-order valence-corrected chi connectivity index (χ3v) is 3.57. The molecule has 1 aromatic heterocycles. The fraction of sp³-hybridized carbons (Fsp3) is 0.125. The van der Waals surface area contributed by atoms with Gasteiger partial charge in [-0.15, -0.1) is 17.9 Å². The first-order chi connectivity index (χ1) is 6.96. The minimum Gasteiger partial charge on any atom is -0.477 e. The molecule has 82 valence electrons. The largest absolute Gasteiger partial charge is 0.477 e. The van der Waals surface area contributed by atoms with Crippen LogP contribution in [0.25, 0.3) is 0 Å². The van der Waals surface area contributed by atoms with E-state index < -0.39 is 16.0 Å². The Labute approximate surface area is 91.1 Å². The zero-order valence-corrected chi connectivity index (χ0v) is 9.27. The van der Waals surface area contributed by atoms with Crippen molar-refractivity contribution in [2.24, 2.45) is 0 Å². The summed E-state index contributed by atoms with van der Waals surface area (Å²) in [4.78, 5) is 10.7. The van der Waals surface area contributed by atoms with E-state index in [9.17, 15) is 13.2 Å². The summed E-state index contributed by atoms with van der Waals surface area (Å²) in [6, 6.07) is 1.41. The predicted molar refractivity (Wildman–Crippen MR) is 58.9 cm³/mol. The maximum Gasteiger partial charge on any atom is 0.348 e. The van der Waals surface area contributed by atoms with E-state index >= 15 is 0 Å². The van der Waals surface area contributed by atoms with Gasteiger partial charge in [0.05, 0.1) is 11.4 Å². The lowest BCUT2D eigenvalue weighted by molar-refractivity contribution is 0.0703. The summed E-state index contributed by atoms with van der Waals surface area (Å²) in [5, 5.41) is 10.2. The molecule has 0 bridgehead atoms. The standard InChI is InChI=1S/C8H9NO4S2/c1-2-5-15(12,13)9-6-3-4-14-7(6)8(10)11/h2-4,9H,1,5H2,(H,10,11). The van der Waals surface area contributed by atoms with Gasteiger partial charge in [0.1, 0.15) is 4.88 Å². The van der Waals surface area contributed by atoms with Gasteiger partial charge in [0, 0.05) is 0 Å². The normalized spacial score (nSPS) is 10.9. The molecule has 1 heterocycles. The van der Waals surface area contributed by atoms with Crippen LogP contribution < -0.4 is 4.72 Å². The second-order valence-electron chi connectivity index (χ2n) is 2.64. The Hall–Kier alpha value is -1.34. The first-order valence-electron chi connectivity index (χ1n) is 3.88. The predicted octanol–water partition coefficient (Wildman–Crippen LogP) is 1.37. The van der Waals surface area contributed by atoms with E-state index in [4.69, 9.17) is 5.11 Å². The van der Waals surface area contributed by atoms with E-state index in [1.807, 2.05) is 0 Å². The van der Waals surface area contributed by atoms with Crippen LogP contribution in [0, 0.1) is 0 Å². The molecule has 0 radical (unpaired) electrons. The molecular formula is C8H9NO4S2. The molecule has 0 aliphatic heterocycles. The molecular weight excluding hydrogens is 238 g/mol. The van der Waals surface area contributed by atoms with Gasteiger partial charge in [-0.1, -0.05) is 6.08 Å². The number of anilines is 1. The smallest absolute Gasteiger partial charge is 0.348 e. The van der Waals surface area contributed by atoms with Crippen molar-refractivity contribution in [1.29, 1.82) is 0 Å². The van der Waals surface area contributed by atoms with Crippen LogP contribution in [0.5, 0.6) is 0 Å². The molecule has 7 heteroatoms. The highest BCUT2D eigenvalue weighted by atomic mass is 32.2. The maximum atomic E-state index is 11.3. The number of sulfonamides is 1. The number of carbonyl (C=O) groups is 1. The van der Waals surface area contributed by atoms with Crippen molar-refractivity contribution in [3.05, 3.63) is 29.0 Å². The molecule has 0 unspecified atom stereocenters. The lowest BCUT2D eigenvalue weighted by Gasteiger charge is -2.04. The Morgan fingerprint density at radius 3 is 2.87 bits per heavy atom. The summed E-state index contributed by atoms with van der Waals surface area (Å²) in [5.74, 6) is -1.40. The molecule has 0 saturated carbocycles. The van der Waals surface area contributed by atoms with Gasteiger partial charge in [-0.3, -0.25) is 4.72 Å². The Kier molecular flexibility index (Phi) is 3.48. The van der Waals surface area contributed by atoms with Gasteiger partial charge in [0.25, 0.3) is 0 Å². The summed E-state index contributed by atoms with van der Waals surface area (Å²) in [7, 11) is -3.54. The molecule has 2 N–H and O–H groups in total. The van der Waals surface area contributed by atoms with E-state index in [1.165, 1.54) is 17.5 Å². The first-order valence-corrected chi connectivity index (χ1v) is 6.41. The van der Waals surface area contributed by atoms with Gasteiger partial charge in [-0.05, 0) is 11.4 Å². The van der Waals surface area contributed by atoms with Crippen molar-refractivity contribution in [3.63, 3.8) is 0 Å². The van der Waals surface area contributed by atoms with Gasteiger partial charge in [-0.25, -0.2) is 13.2 Å². The zero-order valence-electron chi connectivity index (χ0n) is 7.63. The number of hydrogen-bond acceptors (Lipinski definition) is 4. The Balaban J connectivity index is 2.95. The number of carboxylic acid groups (broad SMARTS) is 1. The van der Waals surface area contributed by atoms with Crippen LogP contribution in [0.3, 0.4) is 0 Å². The zero-order chi connectivity index (χ0) is 11.5. The second-order valence-corrected chi connectivity index (χ2v) is 5.32. The monoisotopic (exact) mass is 247 g/mol. The van der Waals surface area contributed by atoms with Crippen molar-refractivity contribution >= 4 is 33.0 Å². The molecule has 0 aliphatic carbocycles. The lowest BCUT2D eigenvalue weighted by atomic mass is 10.4. The van der Waals surface area contributed by atoms with Crippen molar-refractivity contribution in [3.8, 4) is 0 Å². The molecule has 15 heavy (non-hydrogen) atoms. The number of rotatable bonds is 5. The van der Waals surface area contributed by atoms with E-state index in [1.54, 1.807) is 0 Å². The molecule has 1 rings (SSSR count). The average Bonchev–Trinajstić information content (AvgIpc) is 2.50. The third-order valence-electron chi connectivity index (χ3n) is 1.46. The molecule has 0 atom stereocenters. The molecule has 0 spiro atoms. The van der Waals surface area contributed by atoms with Crippen molar-refractivity contribution in [2.45, 2.75) is 0 Å². The fourth-order valence-corrected chi connectivity index (χ4v) is 2.57. The fourth-order valence-electron chi connectivity index (χ4n) is 0.920. The molecule has 0 saturated heterocycles. The highest BCUT2D eigenvalue weighted by Gasteiger charge is 2.16. The Morgan fingerprint density at radius 2 is 2.33 bits per heavy atom. The van der Waals surface area contributed by atoms with E-state index in [0.717, 1.165) is 11.3 Å². The summed E-state index contributed by atoms with van der Waals surface area (Å²) >= 11 is 0.964. The molecule has 0 aromatic carbocycles. The Morgan fingerprint density at radius 1 is 1.67 bits per heavy atom. The summed E-state index contributed by atoms with van der Waals surface area (Å²) in [6.07, 6.45) is 1.23. The minimum absolute atomic E-state index is 0.0253. The number of nitrogens with one attached hydrogen (secondary N) is 1. The topological polar surface area (TPSA) is 83.5 Å². The van der Waals surface area contributed by atoms with E-state index in [0.29, 0.717) is 0 Å². The van der Waals surface area contributed by atoms with Crippen LogP contribution in [0.15, 0.2) is 24.1 Å². The van der Waals surface area contributed by atoms with Crippen molar-refractivity contribution in [1.82, 2.24) is 0 Å². The van der Waals surface area contributed by atoms with E-state index in [2.05, 4.69) is 11.3 Å². The Bertz CT molecular complexity index is 475. The van der Waals surface area contributed by atoms with Gasteiger partial charge in [-0.2, -0.15) is 0 Å². The maximum absolute atomic E-state index is 11.3. The van der Waals surface area contributed by atoms with Crippen LogP contribution in [0.4, 0.5) is 5.69 Å². The molecule has 0 aliphatic rings. The number of carboxylic acids is 1.